The number of aromatic nitrogens is 3. The number of fused-ring (bicyclic) bond motifs is 1. The van der Waals surface area contributed by atoms with E-state index in [9.17, 15) is 14.3 Å². The summed E-state index contributed by atoms with van der Waals surface area (Å²) < 4.78 is 33.4. The minimum absolute atomic E-state index is 0.180. The van der Waals surface area contributed by atoms with E-state index in [4.69, 9.17) is 24.3 Å². The first-order valence-electron chi connectivity index (χ1n) is 14.1. The Balaban J connectivity index is 1.71. The van der Waals surface area contributed by atoms with Crippen molar-refractivity contribution in [3.8, 4) is 0 Å². The predicted octanol–water partition coefficient (Wildman–Crippen LogP) is 6.04. The van der Waals surface area contributed by atoms with E-state index in [1.165, 1.54) is 12.1 Å². The molecule has 3 heterocycles. The molecule has 1 aliphatic rings. The summed E-state index contributed by atoms with van der Waals surface area (Å²) in [5.74, 6) is -0.794. The molecule has 0 saturated carbocycles. The number of carboxylic acid groups (broad SMARTS) is 1. The van der Waals surface area contributed by atoms with Gasteiger partial charge in [0.25, 0.3) is 0 Å². The summed E-state index contributed by atoms with van der Waals surface area (Å²) in [4.78, 5) is 19.5. The Kier molecular flexibility index (Phi) is 9.50. The Labute approximate surface area is 246 Å². The van der Waals surface area contributed by atoms with Gasteiger partial charge in [0.1, 0.15) is 11.6 Å². The van der Waals surface area contributed by atoms with Gasteiger partial charge >= 0.3 is 5.97 Å². The number of nitrogens with zero attached hydrogens (tertiary/aromatic N) is 4. The van der Waals surface area contributed by atoms with E-state index in [2.05, 4.69) is 25.0 Å². The van der Waals surface area contributed by atoms with Crippen molar-refractivity contribution in [2.24, 2.45) is 0 Å². The summed E-state index contributed by atoms with van der Waals surface area (Å²) in [7, 11) is 0. The fraction of sp³-hybridized carbons (Fsp3) is 0.469. The van der Waals surface area contributed by atoms with Crippen LogP contribution in [0.15, 0.2) is 43.5 Å². The fourth-order valence-corrected chi connectivity index (χ4v) is 5.18. The van der Waals surface area contributed by atoms with E-state index >= 15 is 0 Å². The Morgan fingerprint density at radius 1 is 1.21 bits per heavy atom. The second kappa shape index (κ2) is 12.7. The summed E-state index contributed by atoms with van der Waals surface area (Å²) in [6.07, 6.45) is 3.57. The molecule has 1 unspecified atom stereocenters. The van der Waals surface area contributed by atoms with Crippen molar-refractivity contribution >= 4 is 23.5 Å². The highest BCUT2D eigenvalue weighted by Gasteiger charge is 2.37. The average Bonchev–Trinajstić information content (AvgIpc) is 3.33. The number of anilines is 1. The molecular formula is C32H41FN4O5. The normalized spacial score (nSPS) is 16.0. The monoisotopic (exact) mass is 580 g/mol. The van der Waals surface area contributed by atoms with Gasteiger partial charge in [0.15, 0.2) is 11.8 Å². The molecule has 226 valence electrons. The predicted molar refractivity (Wildman–Crippen MR) is 160 cm³/mol. The van der Waals surface area contributed by atoms with Gasteiger partial charge in [-0.05, 0) is 70.7 Å². The highest BCUT2D eigenvalue weighted by atomic mass is 19.1. The number of rotatable bonds is 12. The molecule has 1 N–H and O–H groups in total. The molecule has 2 aromatic heterocycles. The Morgan fingerprint density at radius 2 is 1.93 bits per heavy atom. The van der Waals surface area contributed by atoms with E-state index < -0.39 is 17.7 Å². The molecule has 42 heavy (non-hydrogen) atoms. The van der Waals surface area contributed by atoms with Crippen molar-refractivity contribution in [1.29, 1.82) is 0 Å². The van der Waals surface area contributed by atoms with Crippen LogP contribution in [0.4, 0.5) is 10.2 Å². The molecule has 10 heteroatoms. The third-order valence-electron chi connectivity index (χ3n) is 7.32. The number of carboxylic acids is 1. The van der Waals surface area contributed by atoms with E-state index in [1.54, 1.807) is 29.7 Å². The standard InChI is InChI=1S/C32H41FN4O5/c1-8-16-41-32(7)12-14-36(15-13-32)29-27(28(30(38)39)42-31(4,5)6)21(3)34-26-18-25(35-37(26)29)20-40-19-23-10-11-24(33)17-22(23)9-2/h8-11,17-18,28H,1-2,12-16,19-20H2,3-7H3,(H,38,39). The smallest absolute Gasteiger partial charge is 0.337 e. The number of piperidine rings is 1. The maximum absolute atomic E-state index is 13.6. The quantitative estimate of drug-likeness (QED) is 0.259. The number of hydrogen-bond donors (Lipinski definition) is 1. The van der Waals surface area contributed by atoms with Crippen LogP contribution < -0.4 is 4.90 Å². The van der Waals surface area contributed by atoms with Gasteiger partial charge in [0, 0.05) is 24.8 Å². The first kappa shape index (κ1) is 31.3. The highest BCUT2D eigenvalue weighted by Crippen LogP contribution is 2.37. The van der Waals surface area contributed by atoms with Crippen molar-refractivity contribution in [3.05, 3.63) is 77.4 Å². The van der Waals surface area contributed by atoms with Crippen LogP contribution in [0.2, 0.25) is 0 Å². The molecule has 1 saturated heterocycles. The SMILES string of the molecule is C=CCOC1(C)CCN(c2c(C(OC(C)(C)C)C(=O)O)c(C)nc3cc(COCc4ccc(F)cc4C=C)nn23)CC1. The van der Waals surface area contributed by atoms with Crippen LogP contribution >= 0.6 is 0 Å². The van der Waals surface area contributed by atoms with Crippen LogP contribution in [0.5, 0.6) is 0 Å². The van der Waals surface area contributed by atoms with Crippen LogP contribution in [-0.2, 0) is 32.2 Å². The molecule has 0 aliphatic carbocycles. The highest BCUT2D eigenvalue weighted by molar-refractivity contribution is 5.78. The van der Waals surface area contributed by atoms with Gasteiger partial charge < -0.3 is 24.2 Å². The van der Waals surface area contributed by atoms with Gasteiger partial charge in [-0.1, -0.05) is 24.8 Å². The molecule has 0 spiro atoms. The molecule has 1 atom stereocenters. The van der Waals surface area contributed by atoms with Crippen LogP contribution in [0.25, 0.3) is 11.7 Å². The number of carbonyl (C=O) groups is 1. The number of ether oxygens (including phenoxy) is 3. The van der Waals surface area contributed by atoms with Crippen molar-refractivity contribution in [2.45, 2.75) is 78.0 Å². The zero-order valence-corrected chi connectivity index (χ0v) is 25.2. The Morgan fingerprint density at radius 3 is 2.55 bits per heavy atom. The number of hydrogen-bond acceptors (Lipinski definition) is 7. The molecule has 4 rings (SSSR count). The van der Waals surface area contributed by atoms with Crippen molar-refractivity contribution in [3.63, 3.8) is 0 Å². The van der Waals surface area contributed by atoms with Gasteiger partial charge in [-0.25, -0.2) is 14.2 Å². The largest absolute Gasteiger partial charge is 0.479 e. The summed E-state index contributed by atoms with van der Waals surface area (Å²) in [6, 6.07) is 6.32. The van der Waals surface area contributed by atoms with Crippen molar-refractivity contribution in [1.82, 2.24) is 14.6 Å². The molecule has 3 aromatic rings. The van der Waals surface area contributed by atoms with Crippen LogP contribution in [-0.4, -0.2) is 56.6 Å². The van der Waals surface area contributed by atoms with E-state index in [0.717, 1.165) is 18.4 Å². The maximum atomic E-state index is 13.6. The zero-order valence-electron chi connectivity index (χ0n) is 25.2. The molecule has 1 aromatic carbocycles. The lowest BCUT2D eigenvalue weighted by Gasteiger charge is -2.41. The first-order valence-corrected chi connectivity index (χ1v) is 14.1. The fourth-order valence-electron chi connectivity index (χ4n) is 5.18. The van der Waals surface area contributed by atoms with E-state index in [-0.39, 0.29) is 24.6 Å². The molecule has 0 amide bonds. The average molecular weight is 581 g/mol. The molecule has 0 bridgehead atoms. The third kappa shape index (κ3) is 7.24. The van der Waals surface area contributed by atoms with Gasteiger partial charge in [0.2, 0.25) is 0 Å². The number of aliphatic carboxylic acids is 1. The lowest BCUT2D eigenvalue weighted by Crippen LogP contribution is -2.45. The minimum atomic E-state index is -1.25. The molecule has 9 nitrogen and oxygen atoms in total. The lowest BCUT2D eigenvalue weighted by molar-refractivity contribution is -0.160. The van der Waals surface area contributed by atoms with Crippen LogP contribution in [0, 0.1) is 12.7 Å². The number of aryl methyl sites for hydroxylation is 1. The van der Waals surface area contributed by atoms with Gasteiger partial charge in [-0.15, -0.1) is 6.58 Å². The summed E-state index contributed by atoms with van der Waals surface area (Å²) in [5.41, 5.74) is 2.69. The summed E-state index contributed by atoms with van der Waals surface area (Å²) in [5, 5.41) is 15.1. The third-order valence-corrected chi connectivity index (χ3v) is 7.32. The molecule has 1 aliphatic heterocycles. The first-order chi connectivity index (χ1) is 19.8. The second-order valence-electron chi connectivity index (χ2n) is 11.9. The second-order valence-corrected chi connectivity index (χ2v) is 11.9. The Bertz CT molecular complexity index is 1450. The molecule has 0 radical (unpaired) electrons. The lowest BCUT2D eigenvalue weighted by atomic mass is 9.92. The number of benzene rings is 1. The van der Waals surface area contributed by atoms with Crippen molar-refractivity contribution < 1.29 is 28.5 Å². The summed E-state index contributed by atoms with van der Waals surface area (Å²) in [6.45, 7) is 19.0. The minimum Gasteiger partial charge on any atom is -0.479 e. The van der Waals surface area contributed by atoms with Crippen LogP contribution in [0.3, 0.4) is 0 Å². The zero-order chi connectivity index (χ0) is 30.7. The van der Waals surface area contributed by atoms with Gasteiger partial charge in [-0.3, -0.25) is 0 Å². The Hall–Kier alpha value is -3.60. The van der Waals surface area contributed by atoms with E-state index in [1.807, 2.05) is 26.8 Å². The van der Waals surface area contributed by atoms with Crippen LogP contribution in [0.1, 0.15) is 74.7 Å². The topological polar surface area (TPSA) is 98.4 Å². The molecular weight excluding hydrogens is 539 g/mol. The maximum Gasteiger partial charge on any atom is 0.337 e. The van der Waals surface area contributed by atoms with Crippen molar-refractivity contribution in [2.75, 3.05) is 24.6 Å². The van der Waals surface area contributed by atoms with Gasteiger partial charge in [0.05, 0.1) is 42.3 Å². The van der Waals surface area contributed by atoms with Gasteiger partial charge in [-0.2, -0.15) is 9.61 Å². The molecule has 1 fully saturated rings. The van der Waals surface area contributed by atoms with E-state index in [0.29, 0.717) is 53.7 Å². The summed E-state index contributed by atoms with van der Waals surface area (Å²) >= 11 is 0. The number of halogens is 1.